The standard InChI is InChI=1S/C16H22F2O2/c1-20-12-9-13(17)16(14(18)10-12)15(19)8-7-11-5-3-2-4-6-11/h9-11,15,19H,2-8H2,1H3. The summed E-state index contributed by atoms with van der Waals surface area (Å²) in [5, 5.41) is 10.1. The maximum absolute atomic E-state index is 13.8. The highest BCUT2D eigenvalue weighted by Crippen LogP contribution is 2.32. The molecule has 1 aliphatic rings. The van der Waals surface area contributed by atoms with Crippen LogP contribution in [0.4, 0.5) is 8.78 Å². The van der Waals surface area contributed by atoms with E-state index in [-0.39, 0.29) is 11.3 Å². The molecule has 1 fully saturated rings. The first-order valence-corrected chi connectivity index (χ1v) is 7.32. The second kappa shape index (κ2) is 7.02. The molecular formula is C16H22F2O2. The van der Waals surface area contributed by atoms with Crippen molar-refractivity contribution in [2.75, 3.05) is 7.11 Å². The Bertz CT molecular complexity index is 419. The van der Waals surface area contributed by atoms with Gasteiger partial charge in [-0.3, -0.25) is 0 Å². The second-order valence-corrected chi connectivity index (χ2v) is 5.60. The molecule has 0 spiro atoms. The largest absolute Gasteiger partial charge is 0.497 e. The lowest BCUT2D eigenvalue weighted by Crippen LogP contribution is -2.10. The Morgan fingerprint density at radius 3 is 2.35 bits per heavy atom. The first-order valence-electron chi connectivity index (χ1n) is 7.32. The molecule has 1 aromatic carbocycles. The van der Waals surface area contributed by atoms with Crippen LogP contribution < -0.4 is 4.74 Å². The Balaban J connectivity index is 1.99. The van der Waals surface area contributed by atoms with Gasteiger partial charge in [0, 0.05) is 12.1 Å². The molecule has 1 unspecified atom stereocenters. The van der Waals surface area contributed by atoms with Crippen LogP contribution in [0.3, 0.4) is 0 Å². The predicted molar refractivity (Wildman–Crippen MR) is 73.7 cm³/mol. The van der Waals surface area contributed by atoms with Crippen molar-refractivity contribution in [2.45, 2.75) is 51.0 Å². The molecule has 1 aromatic rings. The third-order valence-electron chi connectivity index (χ3n) is 4.19. The highest BCUT2D eigenvalue weighted by Gasteiger charge is 2.21. The summed E-state index contributed by atoms with van der Waals surface area (Å²) in [5.41, 5.74) is -0.235. The number of aliphatic hydroxyl groups is 1. The Kier molecular flexibility index (Phi) is 5.35. The number of rotatable bonds is 5. The van der Waals surface area contributed by atoms with Gasteiger partial charge >= 0.3 is 0 Å². The van der Waals surface area contributed by atoms with Gasteiger partial charge in [0.15, 0.2) is 0 Å². The van der Waals surface area contributed by atoms with E-state index in [2.05, 4.69) is 0 Å². The summed E-state index contributed by atoms with van der Waals surface area (Å²) in [5.74, 6) is -0.762. The third kappa shape index (κ3) is 3.69. The minimum Gasteiger partial charge on any atom is -0.497 e. The number of benzene rings is 1. The van der Waals surface area contributed by atoms with Crippen molar-refractivity contribution in [2.24, 2.45) is 5.92 Å². The summed E-state index contributed by atoms with van der Waals surface area (Å²) in [7, 11) is 1.35. The summed E-state index contributed by atoms with van der Waals surface area (Å²) in [4.78, 5) is 0. The highest BCUT2D eigenvalue weighted by molar-refractivity contribution is 5.31. The maximum atomic E-state index is 13.8. The van der Waals surface area contributed by atoms with E-state index >= 15 is 0 Å². The second-order valence-electron chi connectivity index (χ2n) is 5.60. The van der Waals surface area contributed by atoms with Crippen LogP contribution >= 0.6 is 0 Å². The van der Waals surface area contributed by atoms with Gasteiger partial charge in [0.2, 0.25) is 0 Å². The van der Waals surface area contributed by atoms with E-state index in [1.54, 1.807) is 0 Å². The fourth-order valence-electron chi connectivity index (χ4n) is 3.01. The van der Waals surface area contributed by atoms with Crippen LogP contribution in [0.5, 0.6) is 5.75 Å². The van der Waals surface area contributed by atoms with Gasteiger partial charge in [-0.2, -0.15) is 0 Å². The van der Waals surface area contributed by atoms with Crippen molar-refractivity contribution in [3.63, 3.8) is 0 Å². The quantitative estimate of drug-likeness (QED) is 0.870. The summed E-state index contributed by atoms with van der Waals surface area (Å²) >= 11 is 0. The lowest BCUT2D eigenvalue weighted by Gasteiger charge is -2.23. The number of hydrogen-bond donors (Lipinski definition) is 1. The molecule has 0 radical (unpaired) electrons. The Morgan fingerprint density at radius 2 is 1.80 bits per heavy atom. The SMILES string of the molecule is COc1cc(F)c(C(O)CCC2CCCCC2)c(F)c1. The zero-order valence-electron chi connectivity index (χ0n) is 11.9. The van der Waals surface area contributed by atoms with E-state index in [1.165, 1.54) is 39.2 Å². The van der Waals surface area contributed by atoms with E-state index in [4.69, 9.17) is 4.74 Å². The number of aliphatic hydroxyl groups excluding tert-OH is 1. The third-order valence-corrected chi connectivity index (χ3v) is 4.19. The summed E-state index contributed by atoms with van der Waals surface area (Å²) < 4.78 is 32.5. The molecule has 0 amide bonds. The van der Waals surface area contributed by atoms with Crippen molar-refractivity contribution in [3.8, 4) is 5.75 Å². The van der Waals surface area contributed by atoms with E-state index in [0.29, 0.717) is 12.3 Å². The fraction of sp³-hybridized carbons (Fsp3) is 0.625. The van der Waals surface area contributed by atoms with Gasteiger partial charge < -0.3 is 9.84 Å². The van der Waals surface area contributed by atoms with Crippen LogP contribution in [0.1, 0.15) is 56.6 Å². The molecule has 0 heterocycles. The van der Waals surface area contributed by atoms with Crippen LogP contribution in [-0.2, 0) is 0 Å². The molecule has 1 atom stereocenters. The lowest BCUT2D eigenvalue weighted by molar-refractivity contribution is 0.142. The number of hydrogen-bond acceptors (Lipinski definition) is 2. The van der Waals surface area contributed by atoms with Gasteiger partial charge in [0.25, 0.3) is 0 Å². The molecule has 0 saturated heterocycles. The van der Waals surface area contributed by atoms with E-state index in [1.807, 2.05) is 0 Å². The van der Waals surface area contributed by atoms with Crippen LogP contribution in [-0.4, -0.2) is 12.2 Å². The van der Waals surface area contributed by atoms with Crippen molar-refractivity contribution in [1.29, 1.82) is 0 Å². The zero-order chi connectivity index (χ0) is 14.5. The predicted octanol–water partition coefficient (Wildman–Crippen LogP) is 4.37. The zero-order valence-corrected chi connectivity index (χ0v) is 11.9. The van der Waals surface area contributed by atoms with E-state index in [9.17, 15) is 13.9 Å². The minimum absolute atomic E-state index is 0.128. The summed E-state index contributed by atoms with van der Waals surface area (Å²) in [6, 6.07) is 2.23. The van der Waals surface area contributed by atoms with Gasteiger partial charge in [0.1, 0.15) is 17.4 Å². The Hall–Kier alpha value is -1.16. The molecule has 0 aromatic heterocycles. The van der Waals surface area contributed by atoms with E-state index in [0.717, 1.165) is 18.6 Å². The van der Waals surface area contributed by atoms with E-state index < -0.39 is 17.7 Å². The average molecular weight is 284 g/mol. The molecule has 2 nitrogen and oxygen atoms in total. The molecule has 0 aliphatic heterocycles. The van der Waals surface area contributed by atoms with Crippen molar-refractivity contribution in [1.82, 2.24) is 0 Å². The molecule has 1 N–H and O–H groups in total. The van der Waals surface area contributed by atoms with Crippen LogP contribution in [0.2, 0.25) is 0 Å². The topological polar surface area (TPSA) is 29.5 Å². The van der Waals surface area contributed by atoms with Gasteiger partial charge in [-0.25, -0.2) is 8.78 Å². The minimum atomic E-state index is -1.08. The summed E-state index contributed by atoms with van der Waals surface area (Å²) in [6.45, 7) is 0. The lowest BCUT2D eigenvalue weighted by atomic mass is 9.85. The summed E-state index contributed by atoms with van der Waals surface area (Å²) in [6.07, 6.45) is 6.22. The normalized spacial score (nSPS) is 18.0. The molecule has 2 rings (SSSR count). The Morgan fingerprint density at radius 1 is 1.20 bits per heavy atom. The molecule has 1 saturated carbocycles. The van der Waals surface area contributed by atoms with Gasteiger partial charge in [-0.05, 0) is 18.8 Å². The number of ether oxygens (including phenoxy) is 1. The molecule has 1 aliphatic carbocycles. The molecule has 0 bridgehead atoms. The van der Waals surface area contributed by atoms with Crippen molar-refractivity contribution >= 4 is 0 Å². The average Bonchev–Trinajstić information content (AvgIpc) is 2.45. The number of halogens is 2. The molecular weight excluding hydrogens is 262 g/mol. The van der Waals surface area contributed by atoms with Crippen LogP contribution in [0, 0.1) is 17.6 Å². The maximum Gasteiger partial charge on any atom is 0.135 e. The molecule has 20 heavy (non-hydrogen) atoms. The van der Waals surface area contributed by atoms with Gasteiger partial charge in [-0.15, -0.1) is 0 Å². The van der Waals surface area contributed by atoms with Crippen molar-refractivity contribution < 1.29 is 18.6 Å². The van der Waals surface area contributed by atoms with Crippen LogP contribution in [0.25, 0.3) is 0 Å². The monoisotopic (exact) mass is 284 g/mol. The first-order chi connectivity index (χ1) is 9.61. The fourth-order valence-corrected chi connectivity index (χ4v) is 3.01. The van der Waals surface area contributed by atoms with Crippen molar-refractivity contribution in [3.05, 3.63) is 29.3 Å². The Labute approximate surface area is 118 Å². The number of methoxy groups -OCH3 is 1. The van der Waals surface area contributed by atoms with Gasteiger partial charge in [-0.1, -0.05) is 32.1 Å². The highest BCUT2D eigenvalue weighted by atomic mass is 19.1. The molecule has 112 valence electrons. The van der Waals surface area contributed by atoms with Gasteiger partial charge in [0.05, 0.1) is 18.8 Å². The smallest absolute Gasteiger partial charge is 0.135 e. The van der Waals surface area contributed by atoms with Crippen LogP contribution in [0.15, 0.2) is 12.1 Å². The first kappa shape index (κ1) is 15.2. The molecule has 4 heteroatoms.